The van der Waals surface area contributed by atoms with Crippen molar-refractivity contribution in [2.45, 2.75) is 0 Å². The topological polar surface area (TPSA) is 75.6 Å². The standard InChI is InChI=1S/C21H17NO4/c23-19-12-8-17(9-13-19)21(25)26-14-20(24)22-18-10-6-16(7-11-18)15-4-2-1-3-5-15/h1-13,23H,14H2,(H,22,24). The van der Waals surface area contributed by atoms with E-state index in [4.69, 9.17) is 4.74 Å². The quantitative estimate of drug-likeness (QED) is 0.687. The molecule has 3 rings (SSSR count). The molecule has 0 saturated heterocycles. The summed E-state index contributed by atoms with van der Waals surface area (Å²) in [5, 5.41) is 11.9. The maximum absolute atomic E-state index is 11.9. The van der Waals surface area contributed by atoms with Crippen molar-refractivity contribution in [3.8, 4) is 16.9 Å². The molecule has 0 aliphatic heterocycles. The molecule has 0 spiro atoms. The van der Waals surface area contributed by atoms with E-state index in [0.717, 1.165) is 11.1 Å². The van der Waals surface area contributed by atoms with Crippen LogP contribution >= 0.6 is 0 Å². The van der Waals surface area contributed by atoms with Gasteiger partial charge in [0.25, 0.3) is 5.91 Å². The average Bonchev–Trinajstić information content (AvgIpc) is 2.68. The van der Waals surface area contributed by atoms with Crippen molar-refractivity contribution >= 4 is 17.6 Å². The fraction of sp³-hybridized carbons (Fsp3) is 0.0476. The zero-order chi connectivity index (χ0) is 18.4. The van der Waals surface area contributed by atoms with Crippen molar-refractivity contribution < 1.29 is 19.4 Å². The first kappa shape index (κ1) is 17.2. The highest BCUT2D eigenvalue weighted by atomic mass is 16.5. The molecule has 0 unspecified atom stereocenters. The summed E-state index contributed by atoms with van der Waals surface area (Å²) in [5.41, 5.74) is 3.02. The molecule has 0 aromatic heterocycles. The van der Waals surface area contributed by atoms with Gasteiger partial charge < -0.3 is 15.2 Å². The van der Waals surface area contributed by atoms with E-state index in [1.54, 1.807) is 12.1 Å². The van der Waals surface area contributed by atoms with Crippen LogP contribution in [0.25, 0.3) is 11.1 Å². The number of benzene rings is 3. The third kappa shape index (κ3) is 4.48. The number of rotatable bonds is 5. The van der Waals surface area contributed by atoms with Gasteiger partial charge >= 0.3 is 5.97 Å². The SMILES string of the molecule is O=C(COC(=O)c1ccc(O)cc1)Nc1ccc(-c2ccccc2)cc1. The van der Waals surface area contributed by atoms with E-state index in [9.17, 15) is 14.7 Å². The summed E-state index contributed by atoms with van der Waals surface area (Å²) in [7, 11) is 0. The number of aromatic hydroxyl groups is 1. The Morgan fingerprint density at radius 2 is 1.42 bits per heavy atom. The number of esters is 1. The highest BCUT2D eigenvalue weighted by Crippen LogP contribution is 2.21. The van der Waals surface area contributed by atoms with Gasteiger partial charge in [-0.1, -0.05) is 42.5 Å². The Kier molecular flexibility index (Phi) is 5.29. The second kappa shape index (κ2) is 7.98. The molecule has 0 saturated carbocycles. The van der Waals surface area contributed by atoms with E-state index in [1.165, 1.54) is 24.3 Å². The van der Waals surface area contributed by atoms with Crippen molar-refractivity contribution in [2.75, 3.05) is 11.9 Å². The minimum Gasteiger partial charge on any atom is -0.508 e. The zero-order valence-corrected chi connectivity index (χ0v) is 13.9. The number of hydrogen-bond acceptors (Lipinski definition) is 4. The molecule has 0 aliphatic carbocycles. The first-order chi connectivity index (χ1) is 12.6. The third-order valence-electron chi connectivity index (χ3n) is 3.71. The van der Waals surface area contributed by atoms with Gasteiger partial charge in [0.1, 0.15) is 5.75 Å². The molecule has 1 amide bonds. The van der Waals surface area contributed by atoms with Gasteiger partial charge in [-0.25, -0.2) is 4.79 Å². The molecule has 0 radical (unpaired) electrons. The minimum absolute atomic E-state index is 0.0539. The molecule has 0 bridgehead atoms. The van der Waals surface area contributed by atoms with Gasteiger partial charge in [-0.2, -0.15) is 0 Å². The van der Waals surface area contributed by atoms with Crippen LogP contribution in [0.15, 0.2) is 78.9 Å². The Bertz CT molecular complexity index is 888. The van der Waals surface area contributed by atoms with E-state index >= 15 is 0 Å². The fourth-order valence-electron chi connectivity index (χ4n) is 2.39. The van der Waals surface area contributed by atoms with Crippen LogP contribution in [0.2, 0.25) is 0 Å². The summed E-state index contributed by atoms with van der Waals surface area (Å²) in [6.45, 7) is -0.389. The maximum Gasteiger partial charge on any atom is 0.338 e. The van der Waals surface area contributed by atoms with E-state index < -0.39 is 11.9 Å². The summed E-state index contributed by atoms with van der Waals surface area (Å²) < 4.78 is 4.96. The molecule has 26 heavy (non-hydrogen) atoms. The molecule has 0 aliphatic rings. The second-order valence-electron chi connectivity index (χ2n) is 5.61. The predicted octanol–water partition coefficient (Wildman–Crippen LogP) is 3.85. The highest BCUT2D eigenvalue weighted by molar-refractivity contribution is 5.95. The molecule has 3 aromatic carbocycles. The highest BCUT2D eigenvalue weighted by Gasteiger charge is 2.10. The van der Waals surface area contributed by atoms with Gasteiger partial charge in [0.05, 0.1) is 5.56 Å². The monoisotopic (exact) mass is 347 g/mol. The Labute approximate surface area is 150 Å². The molecular formula is C21H17NO4. The van der Waals surface area contributed by atoms with Crippen molar-refractivity contribution in [1.29, 1.82) is 0 Å². The molecular weight excluding hydrogens is 330 g/mol. The zero-order valence-electron chi connectivity index (χ0n) is 13.9. The normalized spacial score (nSPS) is 10.2. The Morgan fingerprint density at radius 1 is 0.808 bits per heavy atom. The number of phenols is 1. The van der Waals surface area contributed by atoms with Crippen LogP contribution in [0.1, 0.15) is 10.4 Å². The van der Waals surface area contributed by atoms with Crippen molar-refractivity contribution in [1.82, 2.24) is 0 Å². The summed E-state index contributed by atoms with van der Waals surface area (Å²) in [5.74, 6) is -0.998. The van der Waals surface area contributed by atoms with Crippen LogP contribution in [-0.4, -0.2) is 23.6 Å². The van der Waals surface area contributed by atoms with Crippen LogP contribution < -0.4 is 5.32 Å². The molecule has 0 fully saturated rings. The fourth-order valence-corrected chi connectivity index (χ4v) is 2.39. The predicted molar refractivity (Wildman–Crippen MR) is 98.9 cm³/mol. The molecule has 5 heteroatoms. The lowest BCUT2D eigenvalue weighted by Gasteiger charge is -2.08. The first-order valence-corrected chi connectivity index (χ1v) is 8.03. The molecule has 2 N–H and O–H groups in total. The van der Waals surface area contributed by atoms with Crippen LogP contribution in [0.4, 0.5) is 5.69 Å². The lowest BCUT2D eigenvalue weighted by Crippen LogP contribution is -2.20. The van der Waals surface area contributed by atoms with Crippen molar-refractivity contribution in [3.05, 3.63) is 84.4 Å². The number of carbonyl (C=O) groups is 2. The van der Waals surface area contributed by atoms with Gasteiger partial charge in [-0.3, -0.25) is 4.79 Å². The number of phenolic OH excluding ortho intramolecular Hbond substituents is 1. The van der Waals surface area contributed by atoms with Gasteiger partial charge in [-0.05, 0) is 47.5 Å². The number of anilines is 1. The van der Waals surface area contributed by atoms with Gasteiger partial charge in [0, 0.05) is 5.69 Å². The maximum atomic E-state index is 11.9. The Hall–Kier alpha value is -3.60. The van der Waals surface area contributed by atoms with Crippen LogP contribution in [0.3, 0.4) is 0 Å². The van der Waals surface area contributed by atoms with Gasteiger partial charge in [-0.15, -0.1) is 0 Å². The lowest BCUT2D eigenvalue weighted by atomic mass is 10.1. The molecule has 130 valence electrons. The first-order valence-electron chi connectivity index (χ1n) is 8.03. The Morgan fingerprint density at radius 3 is 2.08 bits per heavy atom. The number of ether oxygens (including phenoxy) is 1. The number of nitrogens with one attached hydrogen (secondary N) is 1. The second-order valence-corrected chi connectivity index (χ2v) is 5.61. The summed E-state index contributed by atoms with van der Waals surface area (Å²) >= 11 is 0. The number of amides is 1. The molecule has 3 aromatic rings. The molecule has 0 heterocycles. The number of hydrogen-bond donors (Lipinski definition) is 2. The van der Waals surface area contributed by atoms with Crippen molar-refractivity contribution in [2.24, 2.45) is 0 Å². The molecule has 5 nitrogen and oxygen atoms in total. The Balaban J connectivity index is 1.53. The van der Waals surface area contributed by atoms with E-state index in [-0.39, 0.29) is 17.9 Å². The van der Waals surface area contributed by atoms with Gasteiger partial charge in [0.15, 0.2) is 6.61 Å². The third-order valence-corrected chi connectivity index (χ3v) is 3.71. The largest absolute Gasteiger partial charge is 0.508 e. The lowest BCUT2D eigenvalue weighted by molar-refractivity contribution is -0.119. The summed E-state index contributed by atoms with van der Waals surface area (Å²) in [6.07, 6.45) is 0. The van der Waals surface area contributed by atoms with E-state index in [0.29, 0.717) is 5.69 Å². The average molecular weight is 347 g/mol. The smallest absolute Gasteiger partial charge is 0.338 e. The van der Waals surface area contributed by atoms with E-state index in [2.05, 4.69) is 5.32 Å². The summed E-state index contributed by atoms with van der Waals surface area (Å²) in [4.78, 5) is 23.8. The van der Waals surface area contributed by atoms with Crippen molar-refractivity contribution in [3.63, 3.8) is 0 Å². The van der Waals surface area contributed by atoms with Crippen LogP contribution in [0.5, 0.6) is 5.75 Å². The van der Waals surface area contributed by atoms with Crippen LogP contribution in [0, 0.1) is 0 Å². The minimum atomic E-state index is -0.625. The van der Waals surface area contributed by atoms with Crippen LogP contribution in [-0.2, 0) is 9.53 Å². The summed E-state index contributed by atoms with van der Waals surface area (Å²) in [6, 6.07) is 22.9. The molecule has 0 atom stereocenters. The van der Waals surface area contributed by atoms with E-state index in [1.807, 2.05) is 42.5 Å². The van der Waals surface area contributed by atoms with Gasteiger partial charge in [0.2, 0.25) is 0 Å². The number of carbonyl (C=O) groups excluding carboxylic acids is 2.